The molecule has 0 aromatic heterocycles. The summed E-state index contributed by atoms with van der Waals surface area (Å²) in [6, 6.07) is 19.7. The third-order valence-electron chi connectivity index (χ3n) is 3.22. The molecule has 0 amide bonds. The van der Waals surface area contributed by atoms with Gasteiger partial charge in [-0.3, -0.25) is 4.79 Å². The highest BCUT2D eigenvalue weighted by atomic mass is 79.9. The van der Waals surface area contributed by atoms with Gasteiger partial charge in [-0.25, -0.2) is 0 Å². The lowest BCUT2D eigenvalue weighted by atomic mass is 10.0. The van der Waals surface area contributed by atoms with Gasteiger partial charge in [0.1, 0.15) is 0 Å². The number of esters is 1. The number of unbranched alkanes of at least 4 members (excludes halogenated alkanes) is 1. The van der Waals surface area contributed by atoms with Gasteiger partial charge in [-0.15, -0.1) is 0 Å². The molecule has 110 valence electrons. The summed E-state index contributed by atoms with van der Waals surface area (Å²) in [5.74, 6) is -0.145. The third kappa shape index (κ3) is 5.01. The standard InChI is InChI=1S/C18H19BrO2/c19-14-8-7-13-17(20)21-18(15-9-3-1-4-10-15)16-11-5-2-6-12-16/h1-6,9-12,18H,7-8,13-14H2. The number of carbonyl (C=O) groups excluding carboxylic acids is 1. The van der Waals surface area contributed by atoms with Gasteiger partial charge in [-0.1, -0.05) is 76.6 Å². The molecule has 0 saturated heterocycles. The quantitative estimate of drug-likeness (QED) is 0.405. The van der Waals surface area contributed by atoms with E-state index in [1.54, 1.807) is 0 Å². The molecular weight excluding hydrogens is 328 g/mol. The number of ether oxygens (including phenoxy) is 1. The van der Waals surface area contributed by atoms with E-state index in [2.05, 4.69) is 15.9 Å². The van der Waals surface area contributed by atoms with Crippen molar-refractivity contribution in [3.05, 3.63) is 71.8 Å². The van der Waals surface area contributed by atoms with Gasteiger partial charge in [0.2, 0.25) is 0 Å². The van der Waals surface area contributed by atoms with Crippen LogP contribution in [0.2, 0.25) is 0 Å². The Morgan fingerprint density at radius 2 is 1.43 bits per heavy atom. The lowest BCUT2D eigenvalue weighted by Gasteiger charge is -2.19. The Balaban J connectivity index is 2.12. The fraction of sp³-hybridized carbons (Fsp3) is 0.278. The van der Waals surface area contributed by atoms with Gasteiger partial charge in [0, 0.05) is 11.8 Å². The molecule has 0 unspecified atom stereocenters. The van der Waals surface area contributed by atoms with Gasteiger partial charge in [0.05, 0.1) is 0 Å². The summed E-state index contributed by atoms with van der Waals surface area (Å²) in [6.07, 6.45) is 1.96. The fourth-order valence-corrected chi connectivity index (χ4v) is 2.53. The average Bonchev–Trinajstić information content (AvgIpc) is 2.54. The number of rotatable bonds is 7. The minimum absolute atomic E-state index is 0.145. The molecule has 2 rings (SSSR count). The second-order valence-electron chi connectivity index (χ2n) is 4.84. The summed E-state index contributed by atoms with van der Waals surface area (Å²) in [5, 5.41) is 0.918. The van der Waals surface area contributed by atoms with E-state index in [0.717, 1.165) is 29.3 Å². The zero-order chi connectivity index (χ0) is 14.9. The van der Waals surface area contributed by atoms with E-state index in [-0.39, 0.29) is 12.1 Å². The summed E-state index contributed by atoms with van der Waals surface area (Å²) >= 11 is 3.37. The normalized spacial score (nSPS) is 10.6. The van der Waals surface area contributed by atoms with E-state index in [9.17, 15) is 4.79 Å². The van der Waals surface area contributed by atoms with Crippen LogP contribution in [0, 0.1) is 0 Å². The van der Waals surface area contributed by atoms with Gasteiger partial charge >= 0.3 is 5.97 Å². The molecule has 0 bridgehead atoms. The van der Waals surface area contributed by atoms with Crippen molar-refractivity contribution in [2.24, 2.45) is 0 Å². The van der Waals surface area contributed by atoms with E-state index in [1.807, 2.05) is 60.7 Å². The molecule has 0 saturated carbocycles. The number of carbonyl (C=O) groups is 1. The molecule has 0 aliphatic heterocycles. The van der Waals surface area contributed by atoms with Gasteiger partial charge in [0.15, 0.2) is 6.10 Å². The maximum absolute atomic E-state index is 12.0. The topological polar surface area (TPSA) is 26.3 Å². The first-order valence-electron chi connectivity index (χ1n) is 7.16. The minimum Gasteiger partial charge on any atom is -0.453 e. The first-order chi connectivity index (χ1) is 10.3. The Labute approximate surface area is 134 Å². The first kappa shape index (κ1) is 15.8. The van der Waals surface area contributed by atoms with Crippen LogP contribution >= 0.6 is 15.9 Å². The third-order valence-corrected chi connectivity index (χ3v) is 3.78. The van der Waals surface area contributed by atoms with Gasteiger partial charge in [-0.05, 0) is 24.0 Å². The number of halogens is 1. The van der Waals surface area contributed by atoms with Crippen LogP contribution in [-0.4, -0.2) is 11.3 Å². The van der Waals surface area contributed by atoms with Crippen LogP contribution in [0.1, 0.15) is 36.5 Å². The summed E-state index contributed by atoms with van der Waals surface area (Å²) in [4.78, 5) is 12.0. The predicted octanol–water partition coefficient (Wildman–Crippen LogP) is 4.88. The van der Waals surface area contributed by atoms with Crippen LogP contribution in [0.5, 0.6) is 0 Å². The monoisotopic (exact) mass is 346 g/mol. The smallest absolute Gasteiger partial charge is 0.306 e. The van der Waals surface area contributed by atoms with Crippen molar-refractivity contribution in [1.82, 2.24) is 0 Å². The Morgan fingerprint density at radius 3 is 1.90 bits per heavy atom. The van der Waals surface area contributed by atoms with E-state index >= 15 is 0 Å². The number of benzene rings is 2. The highest BCUT2D eigenvalue weighted by molar-refractivity contribution is 9.09. The highest BCUT2D eigenvalue weighted by Crippen LogP contribution is 2.26. The number of alkyl halides is 1. The van der Waals surface area contributed by atoms with Crippen molar-refractivity contribution in [3.63, 3.8) is 0 Å². The Bertz CT molecular complexity index is 500. The number of hydrogen-bond acceptors (Lipinski definition) is 2. The second kappa shape index (κ2) is 8.63. The van der Waals surface area contributed by atoms with Crippen LogP contribution < -0.4 is 0 Å². The van der Waals surface area contributed by atoms with Crippen LogP contribution in [0.4, 0.5) is 0 Å². The van der Waals surface area contributed by atoms with E-state index < -0.39 is 0 Å². The molecular formula is C18H19BrO2. The van der Waals surface area contributed by atoms with Crippen molar-refractivity contribution in [2.45, 2.75) is 25.4 Å². The Hall–Kier alpha value is -1.61. The molecule has 21 heavy (non-hydrogen) atoms. The van der Waals surface area contributed by atoms with Crippen molar-refractivity contribution >= 4 is 21.9 Å². The Kier molecular flexibility index (Phi) is 6.48. The summed E-state index contributed by atoms with van der Waals surface area (Å²) in [5.41, 5.74) is 2.00. The van der Waals surface area contributed by atoms with Gasteiger partial charge in [-0.2, -0.15) is 0 Å². The summed E-state index contributed by atoms with van der Waals surface area (Å²) < 4.78 is 5.71. The van der Waals surface area contributed by atoms with E-state index in [0.29, 0.717) is 6.42 Å². The first-order valence-corrected chi connectivity index (χ1v) is 8.28. The molecule has 0 atom stereocenters. The summed E-state index contributed by atoms with van der Waals surface area (Å²) in [6.45, 7) is 0. The molecule has 0 aliphatic carbocycles. The predicted molar refractivity (Wildman–Crippen MR) is 88.5 cm³/mol. The van der Waals surface area contributed by atoms with Crippen LogP contribution in [0.25, 0.3) is 0 Å². The van der Waals surface area contributed by atoms with Crippen LogP contribution in [0.3, 0.4) is 0 Å². The van der Waals surface area contributed by atoms with Crippen molar-refractivity contribution in [2.75, 3.05) is 5.33 Å². The molecule has 2 aromatic carbocycles. The van der Waals surface area contributed by atoms with Crippen LogP contribution in [0.15, 0.2) is 60.7 Å². The molecule has 0 aliphatic rings. The molecule has 0 spiro atoms. The van der Waals surface area contributed by atoms with Gasteiger partial charge < -0.3 is 4.74 Å². The van der Waals surface area contributed by atoms with Crippen molar-refractivity contribution < 1.29 is 9.53 Å². The molecule has 2 aromatic rings. The highest BCUT2D eigenvalue weighted by Gasteiger charge is 2.18. The molecule has 2 nitrogen and oxygen atoms in total. The zero-order valence-corrected chi connectivity index (χ0v) is 13.5. The fourth-order valence-electron chi connectivity index (χ4n) is 2.14. The largest absolute Gasteiger partial charge is 0.453 e. The average molecular weight is 347 g/mol. The second-order valence-corrected chi connectivity index (χ2v) is 5.63. The van der Waals surface area contributed by atoms with Gasteiger partial charge in [0.25, 0.3) is 0 Å². The van der Waals surface area contributed by atoms with Crippen molar-refractivity contribution in [1.29, 1.82) is 0 Å². The maximum atomic E-state index is 12.0. The summed E-state index contributed by atoms with van der Waals surface area (Å²) in [7, 11) is 0. The molecule has 0 radical (unpaired) electrons. The van der Waals surface area contributed by atoms with Crippen LogP contribution in [-0.2, 0) is 9.53 Å². The zero-order valence-electron chi connectivity index (χ0n) is 11.9. The SMILES string of the molecule is O=C(CCCCBr)OC(c1ccccc1)c1ccccc1. The molecule has 0 fully saturated rings. The molecule has 3 heteroatoms. The molecule has 0 N–H and O–H groups in total. The lowest BCUT2D eigenvalue weighted by Crippen LogP contribution is -2.12. The Morgan fingerprint density at radius 1 is 0.905 bits per heavy atom. The maximum Gasteiger partial charge on any atom is 0.306 e. The van der Waals surface area contributed by atoms with Crippen molar-refractivity contribution in [3.8, 4) is 0 Å². The van der Waals surface area contributed by atoms with E-state index in [1.165, 1.54) is 0 Å². The van der Waals surface area contributed by atoms with E-state index in [4.69, 9.17) is 4.74 Å². The molecule has 0 heterocycles. The lowest BCUT2D eigenvalue weighted by molar-refractivity contribution is -0.147. The minimum atomic E-state index is -0.330. The number of hydrogen-bond donors (Lipinski definition) is 0.